The molecule has 1 saturated heterocycles. The number of fused-ring (bicyclic) bond motifs is 1. The Hall–Kier alpha value is -0.810. The van der Waals surface area contributed by atoms with Gasteiger partial charge in [-0.25, -0.2) is 0 Å². The van der Waals surface area contributed by atoms with E-state index in [-0.39, 0.29) is 10.7 Å². The number of anilines is 1. The summed E-state index contributed by atoms with van der Waals surface area (Å²) in [6.45, 7) is 2.30. The molecular formula is C12H16ClN3O. The molecule has 1 unspecified atom stereocenters. The fourth-order valence-electron chi connectivity index (χ4n) is 2.80. The van der Waals surface area contributed by atoms with E-state index in [4.69, 9.17) is 11.6 Å². The van der Waals surface area contributed by atoms with E-state index in [9.17, 15) is 5.21 Å². The van der Waals surface area contributed by atoms with E-state index in [1.807, 2.05) is 18.2 Å². The van der Waals surface area contributed by atoms with Gasteiger partial charge in [-0.1, -0.05) is 11.6 Å². The van der Waals surface area contributed by atoms with Crippen LogP contribution in [0.3, 0.4) is 0 Å². The van der Waals surface area contributed by atoms with Crippen LogP contribution < -0.4 is 15.3 Å². The Bertz CT molecular complexity index is 434. The van der Waals surface area contributed by atoms with Gasteiger partial charge in [0.05, 0.1) is 6.04 Å². The van der Waals surface area contributed by atoms with Crippen LogP contribution in [0.5, 0.6) is 0 Å². The largest absolute Gasteiger partial charge is 0.626 e. The second kappa shape index (κ2) is 4.14. The molecule has 0 radical (unpaired) electrons. The minimum Gasteiger partial charge on any atom is -0.626 e. The van der Waals surface area contributed by atoms with E-state index in [2.05, 4.69) is 10.6 Å². The van der Waals surface area contributed by atoms with Crippen molar-refractivity contribution in [1.29, 1.82) is 0 Å². The van der Waals surface area contributed by atoms with Crippen LogP contribution in [-0.2, 0) is 0 Å². The molecular weight excluding hydrogens is 238 g/mol. The molecule has 2 aliphatic rings. The summed E-state index contributed by atoms with van der Waals surface area (Å²) in [5, 5.41) is 20.2. The minimum absolute atomic E-state index is 0.142. The van der Waals surface area contributed by atoms with Gasteiger partial charge in [0.15, 0.2) is 12.4 Å². The molecule has 1 fully saturated rings. The normalized spacial score (nSPS) is 28.8. The van der Waals surface area contributed by atoms with Gasteiger partial charge in [0.25, 0.3) is 0 Å². The zero-order valence-corrected chi connectivity index (χ0v) is 10.3. The number of piperidine rings is 1. The van der Waals surface area contributed by atoms with Gasteiger partial charge in [0.2, 0.25) is 0 Å². The smallest absolute Gasteiger partial charge is 0.159 e. The first-order valence-electron chi connectivity index (χ1n) is 6.03. The van der Waals surface area contributed by atoms with Crippen molar-refractivity contribution in [3.63, 3.8) is 0 Å². The van der Waals surface area contributed by atoms with E-state index < -0.39 is 0 Å². The monoisotopic (exact) mass is 253 g/mol. The summed E-state index contributed by atoms with van der Waals surface area (Å²) >= 11 is 6.00. The first-order valence-corrected chi connectivity index (χ1v) is 6.41. The Kier molecular flexibility index (Phi) is 2.75. The van der Waals surface area contributed by atoms with Gasteiger partial charge in [-0.2, -0.15) is 0 Å². The highest BCUT2D eigenvalue weighted by molar-refractivity contribution is 6.31. The highest BCUT2D eigenvalue weighted by Crippen LogP contribution is 2.41. The third kappa shape index (κ3) is 1.81. The number of nitrogens with zero attached hydrogens (tertiary/aromatic N) is 1. The lowest BCUT2D eigenvalue weighted by Crippen LogP contribution is -2.55. The Labute approximate surface area is 106 Å². The Morgan fingerprint density at radius 3 is 2.82 bits per heavy atom. The zero-order valence-electron chi connectivity index (χ0n) is 9.58. The van der Waals surface area contributed by atoms with Gasteiger partial charge in [-0.15, -0.1) is 0 Å². The van der Waals surface area contributed by atoms with Gasteiger partial charge in [0, 0.05) is 37.0 Å². The van der Waals surface area contributed by atoms with Crippen molar-refractivity contribution in [3.05, 3.63) is 28.4 Å². The predicted molar refractivity (Wildman–Crippen MR) is 71.0 cm³/mol. The quantitative estimate of drug-likeness (QED) is 0.596. The Morgan fingerprint density at radius 1 is 1.29 bits per heavy atom. The van der Waals surface area contributed by atoms with Crippen molar-refractivity contribution in [2.24, 2.45) is 0 Å². The highest BCUT2D eigenvalue weighted by atomic mass is 35.5. The molecule has 1 aromatic rings. The number of hydrogen-bond donors (Lipinski definition) is 2. The van der Waals surface area contributed by atoms with Crippen LogP contribution in [0.1, 0.15) is 12.8 Å². The van der Waals surface area contributed by atoms with Gasteiger partial charge in [-0.3, -0.25) is 0 Å². The van der Waals surface area contributed by atoms with E-state index in [1.165, 1.54) is 0 Å². The number of hydrogen-bond acceptors (Lipinski definition) is 3. The number of benzene rings is 1. The summed E-state index contributed by atoms with van der Waals surface area (Å²) in [7, 11) is 0. The van der Waals surface area contributed by atoms with E-state index in [0.717, 1.165) is 37.3 Å². The summed E-state index contributed by atoms with van der Waals surface area (Å²) in [5.41, 5.74) is 1.73. The molecule has 0 amide bonds. The lowest BCUT2D eigenvalue weighted by molar-refractivity contribution is 0.247. The summed E-state index contributed by atoms with van der Waals surface area (Å²) in [4.78, 5) is 0. The molecule has 2 N–H and O–H groups in total. The van der Waals surface area contributed by atoms with Gasteiger partial charge in [0.1, 0.15) is 5.69 Å². The van der Waals surface area contributed by atoms with Crippen molar-refractivity contribution >= 4 is 23.0 Å². The zero-order chi connectivity index (χ0) is 11.9. The van der Waals surface area contributed by atoms with E-state index in [0.29, 0.717) is 11.7 Å². The molecule has 0 bridgehead atoms. The fraction of sp³-hybridized carbons (Fsp3) is 0.500. The van der Waals surface area contributed by atoms with Crippen LogP contribution in [0.2, 0.25) is 5.02 Å². The third-order valence-electron chi connectivity index (χ3n) is 3.77. The summed E-state index contributed by atoms with van der Waals surface area (Å²) < 4.78 is -0.266. The first-order chi connectivity index (χ1) is 8.20. The molecule has 4 nitrogen and oxygen atoms in total. The first kappa shape index (κ1) is 11.3. The predicted octanol–water partition coefficient (Wildman–Crippen LogP) is 2.28. The third-order valence-corrected chi connectivity index (χ3v) is 4.01. The van der Waals surface area contributed by atoms with Crippen LogP contribution in [0, 0.1) is 5.21 Å². The lowest BCUT2D eigenvalue weighted by Gasteiger charge is -2.46. The van der Waals surface area contributed by atoms with Crippen molar-refractivity contribution in [3.8, 4) is 0 Å². The Morgan fingerprint density at radius 2 is 2.06 bits per heavy atom. The van der Waals surface area contributed by atoms with E-state index >= 15 is 0 Å². The van der Waals surface area contributed by atoms with Crippen molar-refractivity contribution in [2.45, 2.75) is 18.9 Å². The van der Waals surface area contributed by atoms with E-state index in [1.54, 1.807) is 0 Å². The molecule has 17 heavy (non-hydrogen) atoms. The molecule has 0 aromatic heterocycles. The van der Waals surface area contributed by atoms with Gasteiger partial charge < -0.3 is 20.5 Å². The minimum atomic E-state index is -0.266. The average molecular weight is 254 g/mol. The maximum Gasteiger partial charge on any atom is 0.159 e. The number of hydroxylamine groups is 2. The molecule has 0 spiro atoms. The molecule has 92 valence electrons. The molecule has 0 aliphatic carbocycles. The second-order valence-corrected chi connectivity index (χ2v) is 5.21. The molecule has 1 aromatic carbocycles. The maximum absolute atomic E-state index is 13.0. The SMILES string of the molecule is [O-][N+]1(C2CCNCC2)CNc2ccc(Cl)cc21. The van der Waals surface area contributed by atoms with Crippen LogP contribution in [-0.4, -0.2) is 25.8 Å². The number of quaternary nitrogens is 1. The number of rotatable bonds is 1. The maximum atomic E-state index is 13.0. The second-order valence-electron chi connectivity index (χ2n) is 4.77. The molecule has 5 heteroatoms. The number of halogens is 1. The number of nitrogens with one attached hydrogen (secondary N) is 2. The molecule has 1 atom stereocenters. The summed E-state index contributed by atoms with van der Waals surface area (Å²) in [6.07, 6.45) is 1.86. The van der Waals surface area contributed by atoms with Crippen LogP contribution in [0.15, 0.2) is 18.2 Å². The van der Waals surface area contributed by atoms with Crippen LogP contribution >= 0.6 is 11.6 Å². The van der Waals surface area contributed by atoms with Gasteiger partial charge in [-0.05, 0) is 12.1 Å². The molecule has 2 aliphatic heterocycles. The fourth-order valence-corrected chi connectivity index (χ4v) is 2.97. The highest BCUT2D eigenvalue weighted by Gasteiger charge is 2.38. The van der Waals surface area contributed by atoms with Crippen molar-refractivity contribution in [2.75, 3.05) is 25.1 Å². The summed E-state index contributed by atoms with van der Waals surface area (Å²) in [6, 6.07) is 5.68. The summed E-state index contributed by atoms with van der Waals surface area (Å²) in [5.74, 6) is 0. The molecule has 0 saturated carbocycles. The van der Waals surface area contributed by atoms with Gasteiger partial charge >= 0.3 is 0 Å². The average Bonchev–Trinajstić information content (AvgIpc) is 2.70. The lowest BCUT2D eigenvalue weighted by atomic mass is 10.0. The molecule has 3 rings (SSSR count). The van der Waals surface area contributed by atoms with Crippen molar-refractivity contribution < 1.29 is 0 Å². The standard InChI is InChI=1S/C12H16ClN3O/c13-9-1-2-11-12(7-9)16(17,8-15-11)10-3-5-14-6-4-10/h1-2,7,10,14-15H,3-6,8H2. The van der Waals surface area contributed by atoms with Crippen LogP contribution in [0.4, 0.5) is 11.4 Å². The topological polar surface area (TPSA) is 47.1 Å². The van der Waals surface area contributed by atoms with Crippen molar-refractivity contribution in [1.82, 2.24) is 9.96 Å². The Balaban J connectivity index is 1.97. The molecule has 2 heterocycles. The van der Waals surface area contributed by atoms with Crippen LogP contribution in [0.25, 0.3) is 0 Å².